The molecule has 1 saturated carbocycles. The van der Waals surface area contributed by atoms with E-state index >= 15 is 0 Å². The third-order valence-corrected chi connectivity index (χ3v) is 4.63. The lowest BCUT2D eigenvalue weighted by atomic mass is 9.98. The van der Waals surface area contributed by atoms with Crippen molar-refractivity contribution in [2.24, 2.45) is 0 Å². The van der Waals surface area contributed by atoms with Gasteiger partial charge >= 0.3 is 0 Å². The highest BCUT2D eigenvalue weighted by Gasteiger charge is 2.30. The molecule has 0 unspecified atom stereocenters. The van der Waals surface area contributed by atoms with Crippen LogP contribution in [0.1, 0.15) is 42.6 Å². The van der Waals surface area contributed by atoms with Crippen molar-refractivity contribution in [3.05, 3.63) is 41.2 Å². The smallest absolute Gasteiger partial charge is 0.275 e. The number of amides is 1. The zero-order chi connectivity index (χ0) is 17.2. The fourth-order valence-corrected chi connectivity index (χ4v) is 3.24. The Bertz CT molecular complexity index is 738. The minimum Gasteiger partial charge on any atom is -0.504 e. The minimum absolute atomic E-state index is 0.0478. The first-order valence-corrected chi connectivity index (χ1v) is 8.40. The first-order chi connectivity index (χ1) is 11.5. The van der Waals surface area contributed by atoms with Gasteiger partial charge in [0.1, 0.15) is 0 Å². The van der Waals surface area contributed by atoms with Crippen LogP contribution in [0.4, 0.5) is 0 Å². The van der Waals surface area contributed by atoms with Crippen molar-refractivity contribution < 1.29 is 15.0 Å². The number of aliphatic hydroxyl groups is 1. The van der Waals surface area contributed by atoms with E-state index in [1.54, 1.807) is 24.3 Å². The molecule has 0 saturated heterocycles. The molecular weight excluding hydrogens is 330 g/mol. The second-order valence-electron chi connectivity index (χ2n) is 6.22. The van der Waals surface area contributed by atoms with Gasteiger partial charge in [0, 0.05) is 11.6 Å². The number of halogens is 1. The molecule has 1 aliphatic rings. The molecule has 24 heavy (non-hydrogen) atoms. The van der Waals surface area contributed by atoms with Gasteiger partial charge in [-0.1, -0.05) is 30.5 Å². The average molecular weight is 350 g/mol. The lowest BCUT2D eigenvalue weighted by Crippen LogP contribution is -2.33. The fourth-order valence-electron chi connectivity index (χ4n) is 3.05. The van der Waals surface area contributed by atoms with Crippen LogP contribution in [0.15, 0.2) is 30.5 Å². The zero-order valence-corrected chi connectivity index (χ0v) is 14.0. The van der Waals surface area contributed by atoms with Crippen LogP contribution in [0.25, 0.3) is 5.69 Å². The molecule has 0 radical (unpaired) electrons. The number of carbonyl (C=O) groups excluding carboxylic acids is 1. The first kappa shape index (κ1) is 16.8. The van der Waals surface area contributed by atoms with Gasteiger partial charge in [0.05, 0.1) is 17.5 Å². The van der Waals surface area contributed by atoms with Crippen LogP contribution in [0.3, 0.4) is 0 Å². The Morgan fingerprint density at radius 2 is 2.12 bits per heavy atom. The maximum absolute atomic E-state index is 12.2. The van der Waals surface area contributed by atoms with Crippen molar-refractivity contribution in [1.29, 1.82) is 0 Å². The number of benzene rings is 1. The topological polar surface area (TPSA) is 87.4 Å². The highest BCUT2D eigenvalue weighted by atomic mass is 35.5. The van der Waals surface area contributed by atoms with E-state index in [2.05, 4.69) is 10.4 Å². The van der Waals surface area contributed by atoms with Crippen molar-refractivity contribution >= 4 is 17.5 Å². The predicted molar refractivity (Wildman–Crippen MR) is 90.6 cm³/mol. The summed E-state index contributed by atoms with van der Waals surface area (Å²) in [5, 5.41) is 27.6. The van der Waals surface area contributed by atoms with Gasteiger partial charge in [-0.3, -0.25) is 4.79 Å². The van der Waals surface area contributed by atoms with E-state index in [0.717, 1.165) is 25.7 Å². The first-order valence-electron chi connectivity index (χ1n) is 8.02. The third kappa shape index (κ3) is 3.71. The predicted octanol–water partition coefficient (Wildman–Crippen LogP) is 2.66. The molecular formula is C17H20ClN3O3. The summed E-state index contributed by atoms with van der Waals surface area (Å²) in [7, 11) is 0. The van der Waals surface area contributed by atoms with Crippen LogP contribution >= 0.6 is 11.6 Å². The molecule has 0 atom stereocenters. The van der Waals surface area contributed by atoms with Gasteiger partial charge in [-0.15, -0.1) is 0 Å². The highest BCUT2D eigenvalue weighted by molar-refractivity contribution is 6.30. The lowest BCUT2D eigenvalue weighted by Gasteiger charge is -2.21. The van der Waals surface area contributed by atoms with Gasteiger partial charge in [-0.25, -0.2) is 4.68 Å². The summed E-state index contributed by atoms with van der Waals surface area (Å²) in [5.74, 6) is -0.665. The highest BCUT2D eigenvalue weighted by Crippen LogP contribution is 2.31. The van der Waals surface area contributed by atoms with Crippen LogP contribution in [0.5, 0.6) is 5.75 Å². The molecule has 0 spiro atoms. The number of nitrogens with one attached hydrogen (secondary N) is 1. The third-order valence-electron chi connectivity index (χ3n) is 4.39. The Labute approximate surface area is 145 Å². The summed E-state index contributed by atoms with van der Waals surface area (Å²) < 4.78 is 1.40. The Balaban J connectivity index is 1.65. The largest absolute Gasteiger partial charge is 0.504 e. The number of aromatic nitrogens is 2. The average Bonchev–Trinajstić information content (AvgIpc) is 3.14. The summed E-state index contributed by atoms with van der Waals surface area (Å²) in [6.45, 7) is 0.346. The van der Waals surface area contributed by atoms with Gasteiger partial charge in [0.15, 0.2) is 11.4 Å². The van der Waals surface area contributed by atoms with Crippen molar-refractivity contribution in [3.63, 3.8) is 0 Å². The van der Waals surface area contributed by atoms with E-state index in [4.69, 9.17) is 11.6 Å². The molecule has 1 fully saturated rings. The molecule has 0 bridgehead atoms. The maximum Gasteiger partial charge on any atom is 0.275 e. The lowest BCUT2D eigenvalue weighted by molar-refractivity contribution is 0.0389. The number of carbonyl (C=O) groups is 1. The van der Waals surface area contributed by atoms with E-state index in [1.165, 1.54) is 10.9 Å². The maximum atomic E-state index is 12.2. The monoisotopic (exact) mass is 349 g/mol. The minimum atomic E-state index is -0.671. The molecule has 1 heterocycles. The molecule has 7 heteroatoms. The van der Waals surface area contributed by atoms with E-state index in [9.17, 15) is 15.0 Å². The number of nitrogens with zero attached hydrogens (tertiary/aromatic N) is 2. The van der Waals surface area contributed by atoms with E-state index in [-0.39, 0.29) is 11.4 Å². The van der Waals surface area contributed by atoms with Crippen molar-refractivity contribution in [2.45, 2.75) is 37.7 Å². The Morgan fingerprint density at radius 3 is 2.83 bits per heavy atom. The number of hydrogen-bond donors (Lipinski definition) is 3. The van der Waals surface area contributed by atoms with E-state index in [0.29, 0.717) is 23.7 Å². The SMILES string of the molecule is O=C(NCCC1(O)CCCC1)c1nn(-c2cccc(Cl)c2)cc1O. The van der Waals surface area contributed by atoms with Crippen LogP contribution in [0.2, 0.25) is 5.02 Å². The Hall–Kier alpha value is -2.05. The van der Waals surface area contributed by atoms with Crippen molar-refractivity contribution in [3.8, 4) is 11.4 Å². The van der Waals surface area contributed by atoms with Gasteiger partial charge in [0.25, 0.3) is 5.91 Å². The second-order valence-corrected chi connectivity index (χ2v) is 6.66. The summed E-state index contributed by atoms with van der Waals surface area (Å²) >= 11 is 5.94. The standard InChI is InChI=1S/C17H20ClN3O3/c18-12-4-3-5-13(10-12)21-11-14(22)15(20-21)16(23)19-9-8-17(24)6-1-2-7-17/h3-5,10-11,22,24H,1-2,6-9H2,(H,19,23). The molecule has 2 aromatic rings. The molecule has 0 aliphatic heterocycles. The summed E-state index contributed by atoms with van der Waals surface area (Å²) in [4.78, 5) is 12.2. The van der Waals surface area contributed by atoms with Gasteiger partial charge < -0.3 is 15.5 Å². The van der Waals surface area contributed by atoms with Gasteiger partial charge in [-0.2, -0.15) is 5.10 Å². The summed E-state index contributed by atoms with van der Waals surface area (Å²) in [6.07, 6.45) is 5.47. The molecule has 1 aromatic heterocycles. The molecule has 1 aliphatic carbocycles. The molecule has 3 N–H and O–H groups in total. The van der Waals surface area contributed by atoms with E-state index in [1.807, 2.05) is 0 Å². The molecule has 1 aromatic carbocycles. The zero-order valence-electron chi connectivity index (χ0n) is 13.2. The van der Waals surface area contributed by atoms with E-state index < -0.39 is 11.5 Å². The van der Waals surface area contributed by atoms with Gasteiger partial charge in [-0.05, 0) is 37.5 Å². The van der Waals surface area contributed by atoms with Crippen LogP contribution in [-0.2, 0) is 0 Å². The second kappa shape index (κ2) is 6.83. The quantitative estimate of drug-likeness (QED) is 0.774. The molecule has 6 nitrogen and oxygen atoms in total. The van der Waals surface area contributed by atoms with Crippen LogP contribution < -0.4 is 5.32 Å². The Morgan fingerprint density at radius 1 is 1.38 bits per heavy atom. The number of rotatable bonds is 5. The van der Waals surface area contributed by atoms with Crippen molar-refractivity contribution in [2.75, 3.05) is 6.54 Å². The normalized spacial score (nSPS) is 16.2. The molecule has 3 rings (SSSR count). The molecule has 128 valence electrons. The summed E-state index contributed by atoms with van der Waals surface area (Å²) in [6, 6.07) is 6.95. The number of hydrogen-bond acceptors (Lipinski definition) is 4. The van der Waals surface area contributed by atoms with Crippen LogP contribution in [0, 0.1) is 0 Å². The fraction of sp³-hybridized carbons (Fsp3) is 0.412. The van der Waals surface area contributed by atoms with Crippen molar-refractivity contribution in [1.82, 2.24) is 15.1 Å². The summed E-state index contributed by atoms with van der Waals surface area (Å²) in [5.41, 5.74) is -0.0688. The molecule has 1 amide bonds. The Kier molecular flexibility index (Phi) is 4.78. The number of aromatic hydroxyl groups is 1. The van der Waals surface area contributed by atoms with Gasteiger partial charge in [0.2, 0.25) is 0 Å². The van der Waals surface area contributed by atoms with Crippen LogP contribution in [-0.4, -0.2) is 38.0 Å².